The molecule has 0 radical (unpaired) electrons. The molecule has 3 atom stereocenters. The Kier molecular flexibility index (Phi) is 1.65. The number of allylic oxidation sites excluding steroid dienone is 2. The molecular weight excluding hydrogens is 144 g/mol. The summed E-state index contributed by atoms with van der Waals surface area (Å²) in [6, 6.07) is 0. The van der Waals surface area contributed by atoms with Crippen LogP contribution in [0.5, 0.6) is 0 Å². The molecular formula is C12H20. The van der Waals surface area contributed by atoms with Crippen molar-refractivity contribution in [1.82, 2.24) is 0 Å². The van der Waals surface area contributed by atoms with E-state index in [9.17, 15) is 0 Å². The van der Waals surface area contributed by atoms with Crippen LogP contribution in [0.3, 0.4) is 0 Å². The topological polar surface area (TPSA) is 0 Å². The number of rotatable bonds is 1. The highest BCUT2D eigenvalue weighted by atomic mass is 14.6. The SMILES string of the molecule is CCC1C=C(C)C2CC1C2(C)C. The van der Waals surface area contributed by atoms with Gasteiger partial charge in [-0.05, 0) is 42.9 Å². The minimum absolute atomic E-state index is 0.611. The third kappa shape index (κ3) is 0.841. The first-order valence-electron chi connectivity index (χ1n) is 5.25. The van der Waals surface area contributed by atoms with Gasteiger partial charge in [-0.1, -0.05) is 32.4 Å². The van der Waals surface area contributed by atoms with E-state index in [-0.39, 0.29) is 0 Å². The van der Waals surface area contributed by atoms with Gasteiger partial charge in [-0.25, -0.2) is 0 Å². The maximum atomic E-state index is 2.53. The van der Waals surface area contributed by atoms with Crippen molar-refractivity contribution in [3.8, 4) is 0 Å². The first-order valence-corrected chi connectivity index (χ1v) is 5.25. The summed E-state index contributed by atoms with van der Waals surface area (Å²) in [5.41, 5.74) is 2.27. The first kappa shape index (κ1) is 8.34. The van der Waals surface area contributed by atoms with Crippen LogP contribution >= 0.6 is 0 Å². The molecule has 0 aromatic heterocycles. The summed E-state index contributed by atoms with van der Waals surface area (Å²) < 4.78 is 0. The Morgan fingerprint density at radius 2 is 2.17 bits per heavy atom. The van der Waals surface area contributed by atoms with Gasteiger partial charge < -0.3 is 0 Å². The summed E-state index contributed by atoms with van der Waals surface area (Å²) in [6.07, 6.45) is 5.33. The second-order valence-corrected chi connectivity index (χ2v) is 5.20. The van der Waals surface area contributed by atoms with Gasteiger partial charge >= 0.3 is 0 Å². The highest BCUT2D eigenvalue weighted by Gasteiger charge is 2.53. The fourth-order valence-corrected chi connectivity index (χ4v) is 3.43. The molecule has 0 aromatic carbocycles. The Balaban J connectivity index is 2.29. The maximum absolute atomic E-state index is 2.53. The van der Waals surface area contributed by atoms with Crippen LogP contribution < -0.4 is 0 Å². The monoisotopic (exact) mass is 164 g/mol. The third-order valence-electron chi connectivity index (χ3n) is 4.36. The van der Waals surface area contributed by atoms with Crippen molar-refractivity contribution in [2.24, 2.45) is 23.2 Å². The fraction of sp³-hybridized carbons (Fsp3) is 0.833. The molecule has 3 rings (SSSR count). The third-order valence-corrected chi connectivity index (χ3v) is 4.36. The molecule has 0 saturated heterocycles. The zero-order valence-corrected chi connectivity index (χ0v) is 8.72. The minimum atomic E-state index is 0.611. The lowest BCUT2D eigenvalue weighted by Gasteiger charge is -2.59. The fourth-order valence-electron chi connectivity index (χ4n) is 3.43. The lowest BCUT2D eigenvalue weighted by molar-refractivity contribution is -0.0400. The molecule has 3 aliphatic rings. The van der Waals surface area contributed by atoms with Crippen LogP contribution in [0, 0.1) is 23.2 Å². The van der Waals surface area contributed by atoms with Crippen molar-refractivity contribution >= 4 is 0 Å². The van der Waals surface area contributed by atoms with E-state index in [4.69, 9.17) is 0 Å². The number of fused-ring (bicyclic) bond motifs is 1. The number of hydrogen-bond acceptors (Lipinski definition) is 0. The molecule has 68 valence electrons. The predicted octanol–water partition coefficient (Wildman–Crippen LogP) is 3.63. The van der Waals surface area contributed by atoms with Gasteiger partial charge in [-0.2, -0.15) is 0 Å². The summed E-state index contributed by atoms with van der Waals surface area (Å²) in [6.45, 7) is 9.55. The van der Waals surface area contributed by atoms with Crippen molar-refractivity contribution < 1.29 is 0 Å². The van der Waals surface area contributed by atoms with E-state index in [1.54, 1.807) is 5.57 Å². The Morgan fingerprint density at radius 1 is 1.50 bits per heavy atom. The zero-order valence-electron chi connectivity index (χ0n) is 8.72. The van der Waals surface area contributed by atoms with Gasteiger partial charge in [-0.15, -0.1) is 0 Å². The smallest absolute Gasteiger partial charge is 0.0149 e. The summed E-state index contributed by atoms with van der Waals surface area (Å²) >= 11 is 0. The molecule has 12 heavy (non-hydrogen) atoms. The second-order valence-electron chi connectivity index (χ2n) is 5.20. The second kappa shape index (κ2) is 2.37. The lowest BCUT2D eigenvalue weighted by Crippen LogP contribution is -2.51. The van der Waals surface area contributed by atoms with Gasteiger partial charge in [-0.3, -0.25) is 0 Å². The quantitative estimate of drug-likeness (QED) is 0.519. The van der Waals surface area contributed by atoms with Crippen LogP contribution in [0.4, 0.5) is 0 Å². The van der Waals surface area contributed by atoms with Gasteiger partial charge in [0, 0.05) is 0 Å². The van der Waals surface area contributed by atoms with E-state index < -0.39 is 0 Å². The highest BCUT2D eigenvalue weighted by Crippen LogP contribution is 2.61. The van der Waals surface area contributed by atoms with Crippen LogP contribution in [0.25, 0.3) is 0 Å². The zero-order chi connectivity index (χ0) is 8.93. The molecule has 1 fully saturated rings. The highest BCUT2D eigenvalue weighted by molar-refractivity contribution is 5.23. The van der Waals surface area contributed by atoms with Crippen LogP contribution in [-0.2, 0) is 0 Å². The molecule has 0 nitrogen and oxygen atoms in total. The van der Waals surface area contributed by atoms with Crippen LogP contribution in [0.1, 0.15) is 40.5 Å². The molecule has 0 heterocycles. The van der Waals surface area contributed by atoms with Gasteiger partial charge in [0.2, 0.25) is 0 Å². The summed E-state index contributed by atoms with van der Waals surface area (Å²) in [5, 5.41) is 0. The van der Waals surface area contributed by atoms with Gasteiger partial charge in [0.1, 0.15) is 0 Å². The van der Waals surface area contributed by atoms with Crippen molar-refractivity contribution in [1.29, 1.82) is 0 Å². The van der Waals surface area contributed by atoms with Crippen molar-refractivity contribution in [3.63, 3.8) is 0 Å². The molecule has 0 spiro atoms. The first-order chi connectivity index (χ1) is 5.57. The molecule has 0 amide bonds. The van der Waals surface area contributed by atoms with Crippen molar-refractivity contribution in [2.75, 3.05) is 0 Å². The molecule has 3 aliphatic carbocycles. The standard InChI is InChI=1S/C12H20/c1-5-9-6-8(2)10-7-11(9)12(10,3)4/h6,9-11H,5,7H2,1-4H3. The van der Waals surface area contributed by atoms with Crippen LogP contribution in [-0.4, -0.2) is 0 Å². The molecule has 2 bridgehead atoms. The van der Waals surface area contributed by atoms with Gasteiger partial charge in [0.25, 0.3) is 0 Å². The van der Waals surface area contributed by atoms with Crippen LogP contribution in [0.2, 0.25) is 0 Å². The normalized spacial score (nSPS) is 43.3. The van der Waals surface area contributed by atoms with E-state index in [1.807, 2.05) is 0 Å². The molecule has 0 aromatic rings. The summed E-state index contributed by atoms with van der Waals surface area (Å²) in [4.78, 5) is 0. The summed E-state index contributed by atoms with van der Waals surface area (Å²) in [5.74, 6) is 2.77. The average molecular weight is 164 g/mol. The van der Waals surface area contributed by atoms with Crippen molar-refractivity contribution in [3.05, 3.63) is 11.6 Å². The van der Waals surface area contributed by atoms with E-state index in [1.165, 1.54) is 12.8 Å². The molecule has 0 heteroatoms. The Bertz CT molecular complexity index is 222. The largest absolute Gasteiger partial charge is 0.0819 e. The Hall–Kier alpha value is -0.260. The summed E-state index contributed by atoms with van der Waals surface area (Å²) in [7, 11) is 0. The van der Waals surface area contributed by atoms with E-state index in [2.05, 4.69) is 33.8 Å². The molecule has 3 unspecified atom stereocenters. The lowest BCUT2D eigenvalue weighted by atomic mass is 9.46. The van der Waals surface area contributed by atoms with Gasteiger partial charge in [0.05, 0.1) is 0 Å². The van der Waals surface area contributed by atoms with E-state index >= 15 is 0 Å². The van der Waals surface area contributed by atoms with Gasteiger partial charge in [0.15, 0.2) is 0 Å². The minimum Gasteiger partial charge on any atom is -0.0819 e. The van der Waals surface area contributed by atoms with E-state index in [0.717, 1.165) is 17.8 Å². The van der Waals surface area contributed by atoms with Crippen LogP contribution in [0.15, 0.2) is 11.6 Å². The number of hydrogen-bond donors (Lipinski definition) is 0. The Labute approximate surface area is 76.1 Å². The molecule has 0 aliphatic heterocycles. The molecule has 1 saturated carbocycles. The Morgan fingerprint density at radius 3 is 2.58 bits per heavy atom. The maximum Gasteiger partial charge on any atom is -0.0149 e. The van der Waals surface area contributed by atoms with Crippen molar-refractivity contribution in [2.45, 2.75) is 40.5 Å². The molecule has 0 N–H and O–H groups in total. The average Bonchev–Trinajstić information content (AvgIpc) is 2.02. The predicted molar refractivity (Wildman–Crippen MR) is 52.9 cm³/mol. The van der Waals surface area contributed by atoms with E-state index in [0.29, 0.717) is 5.41 Å².